The Morgan fingerprint density at radius 3 is 2.71 bits per heavy atom. The molecule has 1 amide bonds. The molecule has 3 nitrogen and oxygen atoms in total. The Morgan fingerprint density at radius 2 is 2.05 bits per heavy atom. The third kappa shape index (κ3) is 4.25. The van der Waals surface area contributed by atoms with Gasteiger partial charge in [-0.15, -0.1) is 0 Å². The lowest BCUT2D eigenvalue weighted by atomic mass is 10.1. The van der Waals surface area contributed by atoms with E-state index >= 15 is 0 Å². The van der Waals surface area contributed by atoms with Crippen molar-refractivity contribution in [3.05, 3.63) is 69.0 Å². The molecule has 2 aromatic rings. The Hall–Kier alpha value is -1.47. The summed E-state index contributed by atoms with van der Waals surface area (Å²) in [7, 11) is 1.54. The molecule has 5 heteroatoms. The van der Waals surface area contributed by atoms with Gasteiger partial charge in [0.2, 0.25) is 0 Å². The second-order valence-corrected chi connectivity index (χ2v) is 5.63. The van der Waals surface area contributed by atoms with E-state index in [4.69, 9.17) is 4.74 Å². The summed E-state index contributed by atoms with van der Waals surface area (Å²) in [4.78, 5) is 12.1. The first-order valence-corrected chi connectivity index (χ1v) is 7.50. The molecule has 0 aliphatic carbocycles. The van der Waals surface area contributed by atoms with E-state index in [0.29, 0.717) is 11.1 Å². The molecule has 0 aliphatic rings. The van der Waals surface area contributed by atoms with Crippen LogP contribution >= 0.6 is 22.6 Å². The molecule has 0 spiro atoms. The number of nitrogens with one attached hydrogen (secondary N) is 1. The Labute approximate surface area is 136 Å². The first-order valence-electron chi connectivity index (χ1n) is 6.43. The molecule has 1 atom stereocenters. The van der Waals surface area contributed by atoms with Crippen molar-refractivity contribution in [2.45, 2.75) is 6.10 Å². The van der Waals surface area contributed by atoms with E-state index in [1.165, 1.54) is 19.2 Å². The lowest BCUT2D eigenvalue weighted by molar-refractivity contribution is 0.0826. The number of hydrogen-bond acceptors (Lipinski definition) is 2. The molecule has 2 aromatic carbocycles. The molecule has 0 fully saturated rings. The number of benzene rings is 2. The van der Waals surface area contributed by atoms with Crippen LogP contribution in [0.5, 0.6) is 0 Å². The maximum absolute atomic E-state index is 13.2. The number of halogens is 2. The van der Waals surface area contributed by atoms with E-state index in [1.54, 1.807) is 18.2 Å². The zero-order valence-corrected chi connectivity index (χ0v) is 13.6. The maximum atomic E-state index is 13.2. The summed E-state index contributed by atoms with van der Waals surface area (Å²) >= 11 is 2.12. The molecule has 110 valence electrons. The van der Waals surface area contributed by atoms with E-state index in [0.717, 1.165) is 3.57 Å². The summed E-state index contributed by atoms with van der Waals surface area (Å²) < 4.78 is 19.4. The maximum Gasteiger partial charge on any atom is 0.252 e. The van der Waals surface area contributed by atoms with Gasteiger partial charge in [-0.1, -0.05) is 24.3 Å². The fourth-order valence-corrected chi connectivity index (χ4v) is 2.60. The number of ether oxygens (including phenoxy) is 1. The third-order valence-electron chi connectivity index (χ3n) is 3.07. The molecular weight excluding hydrogens is 384 g/mol. The van der Waals surface area contributed by atoms with Gasteiger partial charge in [0.05, 0.1) is 11.7 Å². The Morgan fingerprint density at radius 1 is 1.29 bits per heavy atom. The molecule has 0 bridgehead atoms. The number of carbonyl (C=O) groups is 1. The van der Waals surface area contributed by atoms with Crippen LogP contribution in [0.1, 0.15) is 22.0 Å². The summed E-state index contributed by atoms with van der Waals surface area (Å²) in [5.74, 6) is -0.489. The van der Waals surface area contributed by atoms with Crippen LogP contribution in [0.25, 0.3) is 0 Å². The quantitative estimate of drug-likeness (QED) is 0.782. The van der Waals surface area contributed by atoms with Crippen LogP contribution in [0.4, 0.5) is 4.39 Å². The normalized spacial score (nSPS) is 12.0. The average Bonchev–Trinajstić information content (AvgIpc) is 2.48. The topological polar surface area (TPSA) is 38.3 Å². The minimum Gasteiger partial charge on any atom is -0.375 e. The van der Waals surface area contributed by atoms with Crippen molar-refractivity contribution in [3.63, 3.8) is 0 Å². The average molecular weight is 399 g/mol. The highest BCUT2D eigenvalue weighted by Gasteiger charge is 2.14. The molecule has 21 heavy (non-hydrogen) atoms. The second-order valence-electron chi connectivity index (χ2n) is 4.47. The molecule has 0 heterocycles. The van der Waals surface area contributed by atoms with Crippen LogP contribution in [0, 0.1) is 9.39 Å². The number of hydrogen-bond donors (Lipinski definition) is 1. The largest absolute Gasteiger partial charge is 0.375 e. The molecule has 0 radical (unpaired) electrons. The molecule has 2 rings (SSSR count). The minimum atomic E-state index is -0.383. The molecule has 0 aliphatic heterocycles. The molecular formula is C16H15FINO2. The van der Waals surface area contributed by atoms with Gasteiger partial charge >= 0.3 is 0 Å². The van der Waals surface area contributed by atoms with Crippen LogP contribution in [0.3, 0.4) is 0 Å². The Bertz CT molecular complexity index is 633. The minimum absolute atomic E-state index is 0.168. The van der Waals surface area contributed by atoms with Crippen LogP contribution in [0.2, 0.25) is 0 Å². The van der Waals surface area contributed by atoms with Crippen molar-refractivity contribution in [1.29, 1.82) is 0 Å². The van der Waals surface area contributed by atoms with Crippen LogP contribution in [0.15, 0.2) is 48.5 Å². The predicted molar refractivity (Wildman–Crippen MR) is 87.6 cm³/mol. The van der Waals surface area contributed by atoms with Crippen molar-refractivity contribution >= 4 is 28.5 Å². The van der Waals surface area contributed by atoms with Gasteiger partial charge in [0.15, 0.2) is 0 Å². The standard InChI is InChI=1S/C16H15FINO2/c1-21-15(11-5-4-6-12(17)9-11)10-19-16(20)13-7-2-3-8-14(13)18/h2-9,15H,10H2,1H3,(H,19,20). The summed E-state index contributed by atoms with van der Waals surface area (Å²) in [6, 6.07) is 13.5. The summed E-state index contributed by atoms with van der Waals surface area (Å²) in [6.07, 6.45) is -0.383. The smallest absolute Gasteiger partial charge is 0.252 e. The van der Waals surface area contributed by atoms with E-state index in [1.807, 2.05) is 18.2 Å². The lowest BCUT2D eigenvalue weighted by Crippen LogP contribution is -2.29. The zero-order chi connectivity index (χ0) is 15.2. The number of amides is 1. The molecule has 1 N–H and O–H groups in total. The SMILES string of the molecule is COC(CNC(=O)c1ccccc1I)c1cccc(F)c1. The van der Waals surface area contributed by atoms with Crippen molar-refractivity contribution in [1.82, 2.24) is 5.32 Å². The fraction of sp³-hybridized carbons (Fsp3) is 0.188. The van der Waals surface area contributed by atoms with Gasteiger partial charge in [-0.05, 0) is 52.4 Å². The van der Waals surface area contributed by atoms with Crippen LogP contribution in [-0.4, -0.2) is 19.6 Å². The van der Waals surface area contributed by atoms with Crippen molar-refractivity contribution in [3.8, 4) is 0 Å². The Balaban J connectivity index is 2.04. The van der Waals surface area contributed by atoms with Crippen LogP contribution < -0.4 is 5.32 Å². The summed E-state index contributed by atoms with van der Waals surface area (Å²) in [6.45, 7) is 0.282. The molecule has 0 saturated heterocycles. The van der Waals surface area contributed by atoms with Crippen molar-refractivity contribution in [2.75, 3.05) is 13.7 Å². The highest BCUT2D eigenvalue weighted by molar-refractivity contribution is 14.1. The van der Waals surface area contributed by atoms with Crippen molar-refractivity contribution in [2.24, 2.45) is 0 Å². The molecule has 0 aromatic heterocycles. The predicted octanol–water partition coefficient (Wildman–Crippen LogP) is 3.55. The monoisotopic (exact) mass is 399 g/mol. The van der Waals surface area contributed by atoms with Gasteiger partial charge in [0.25, 0.3) is 5.91 Å². The van der Waals surface area contributed by atoms with Gasteiger partial charge < -0.3 is 10.1 Å². The van der Waals surface area contributed by atoms with Gasteiger partial charge in [0, 0.05) is 17.2 Å². The number of rotatable bonds is 5. The fourth-order valence-electron chi connectivity index (χ4n) is 1.97. The highest BCUT2D eigenvalue weighted by Crippen LogP contribution is 2.17. The van der Waals surface area contributed by atoms with Gasteiger partial charge in [-0.25, -0.2) is 4.39 Å². The van der Waals surface area contributed by atoms with E-state index in [9.17, 15) is 9.18 Å². The van der Waals surface area contributed by atoms with Crippen LogP contribution in [-0.2, 0) is 4.74 Å². The number of carbonyl (C=O) groups excluding carboxylic acids is 1. The van der Waals surface area contributed by atoms with Gasteiger partial charge in [-0.2, -0.15) is 0 Å². The molecule has 0 saturated carbocycles. The third-order valence-corrected chi connectivity index (χ3v) is 4.01. The molecule has 1 unspecified atom stereocenters. The zero-order valence-electron chi connectivity index (χ0n) is 11.5. The summed E-state index contributed by atoms with van der Waals surface area (Å²) in [5, 5.41) is 2.82. The van der Waals surface area contributed by atoms with E-state index in [-0.39, 0.29) is 24.4 Å². The second kappa shape index (κ2) is 7.51. The highest BCUT2D eigenvalue weighted by atomic mass is 127. The number of methoxy groups -OCH3 is 1. The van der Waals surface area contributed by atoms with Crippen molar-refractivity contribution < 1.29 is 13.9 Å². The first kappa shape index (κ1) is 15.9. The van der Waals surface area contributed by atoms with Gasteiger partial charge in [0.1, 0.15) is 5.82 Å². The first-order chi connectivity index (χ1) is 10.1. The van der Waals surface area contributed by atoms with E-state index < -0.39 is 0 Å². The summed E-state index contributed by atoms with van der Waals surface area (Å²) in [5.41, 5.74) is 1.31. The lowest BCUT2D eigenvalue weighted by Gasteiger charge is -2.17. The Kier molecular flexibility index (Phi) is 5.69. The van der Waals surface area contributed by atoms with Gasteiger partial charge in [-0.3, -0.25) is 4.79 Å². The van der Waals surface area contributed by atoms with E-state index in [2.05, 4.69) is 27.9 Å².